The first-order valence-electron chi connectivity index (χ1n) is 14.0. The van der Waals surface area contributed by atoms with Crippen molar-refractivity contribution < 1.29 is 9.59 Å². The molecular weight excluding hydrogens is 464 g/mol. The average molecular weight is 507 g/mol. The van der Waals surface area contributed by atoms with Crippen LogP contribution in [0.3, 0.4) is 0 Å². The van der Waals surface area contributed by atoms with Gasteiger partial charge in [0.1, 0.15) is 5.69 Å². The van der Waals surface area contributed by atoms with Crippen LogP contribution >= 0.6 is 0 Å². The van der Waals surface area contributed by atoms with Gasteiger partial charge < -0.3 is 20.0 Å². The molecule has 0 spiro atoms. The van der Waals surface area contributed by atoms with Gasteiger partial charge in [-0.25, -0.2) is 0 Å². The van der Waals surface area contributed by atoms with Gasteiger partial charge in [0, 0.05) is 57.1 Å². The number of nitrogens with zero attached hydrogens (tertiary/aromatic N) is 5. The number of aromatic nitrogens is 2. The lowest BCUT2D eigenvalue weighted by molar-refractivity contribution is 0.0333. The van der Waals surface area contributed by atoms with E-state index in [0.717, 1.165) is 26.1 Å². The summed E-state index contributed by atoms with van der Waals surface area (Å²) in [5.74, 6) is -0.0988. The molecule has 2 aliphatic heterocycles. The van der Waals surface area contributed by atoms with E-state index in [0.29, 0.717) is 43.6 Å². The highest BCUT2D eigenvalue weighted by molar-refractivity contribution is 5.98. The Morgan fingerprint density at radius 3 is 2.57 bits per heavy atom. The highest BCUT2D eigenvalue weighted by Crippen LogP contribution is 2.29. The van der Waals surface area contributed by atoms with E-state index in [4.69, 9.17) is 0 Å². The minimum absolute atomic E-state index is 0.0184. The summed E-state index contributed by atoms with van der Waals surface area (Å²) in [4.78, 5) is 33.3. The molecule has 200 valence electrons. The molecule has 1 aromatic heterocycles. The number of anilines is 1. The first kappa shape index (κ1) is 25.8. The lowest BCUT2D eigenvalue weighted by Crippen LogP contribution is -2.62. The van der Waals surface area contributed by atoms with Crippen molar-refractivity contribution in [3.8, 4) is 0 Å². The van der Waals surface area contributed by atoms with Gasteiger partial charge in [-0.2, -0.15) is 5.10 Å². The van der Waals surface area contributed by atoms with Crippen molar-refractivity contribution in [1.29, 1.82) is 0 Å². The van der Waals surface area contributed by atoms with Crippen molar-refractivity contribution in [1.82, 2.24) is 24.9 Å². The van der Waals surface area contributed by atoms with E-state index in [1.54, 1.807) is 10.7 Å². The number of aryl methyl sites for hydroxylation is 1. The summed E-state index contributed by atoms with van der Waals surface area (Å²) >= 11 is 0. The zero-order valence-corrected chi connectivity index (χ0v) is 22.9. The Hall–Kier alpha value is -2.87. The molecular formula is C29H42N6O2. The molecule has 8 heteroatoms. The van der Waals surface area contributed by atoms with E-state index in [1.807, 2.05) is 9.80 Å². The number of amides is 2. The Kier molecular flexibility index (Phi) is 7.30. The van der Waals surface area contributed by atoms with Crippen LogP contribution in [-0.4, -0.2) is 82.2 Å². The van der Waals surface area contributed by atoms with Gasteiger partial charge in [-0.15, -0.1) is 0 Å². The second-order valence-electron chi connectivity index (χ2n) is 11.4. The summed E-state index contributed by atoms with van der Waals surface area (Å²) in [6.07, 6.45) is 5.87. The van der Waals surface area contributed by atoms with E-state index < -0.39 is 0 Å². The van der Waals surface area contributed by atoms with E-state index in [9.17, 15) is 9.59 Å². The van der Waals surface area contributed by atoms with Gasteiger partial charge in [0.25, 0.3) is 11.8 Å². The van der Waals surface area contributed by atoms with Crippen molar-refractivity contribution in [3.05, 3.63) is 46.8 Å². The van der Waals surface area contributed by atoms with Crippen LogP contribution in [0.4, 0.5) is 5.69 Å². The first-order valence-corrected chi connectivity index (χ1v) is 14.0. The largest absolute Gasteiger partial charge is 0.368 e. The van der Waals surface area contributed by atoms with Crippen molar-refractivity contribution in [2.24, 2.45) is 0 Å². The van der Waals surface area contributed by atoms with E-state index in [2.05, 4.69) is 61.2 Å². The maximum atomic E-state index is 13.6. The molecule has 8 nitrogen and oxygen atoms in total. The lowest BCUT2D eigenvalue weighted by Gasteiger charge is -2.45. The van der Waals surface area contributed by atoms with Gasteiger partial charge >= 0.3 is 0 Å². The maximum absolute atomic E-state index is 13.6. The zero-order chi connectivity index (χ0) is 26.2. The third kappa shape index (κ3) is 5.00. The molecule has 2 fully saturated rings. The molecule has 37 heavy (non-hydrogen) atoms. The van der Waals surface area contributed by atoms with Gasteiger partial charge in [0.2, 0.25) is 0 Å². The summed E-state index contributed by atoms with van der Waals surface area (Å²) in [6.45, 7) is 13.5. The lowest BCUT2D eigenvalue weighted by atomic mass is 9.95. The maximum Gasteiger partial charge on any atom is 0.274 e. The average Bonchev–Trinajstić information content (AvgIpc) is 3.57. The molecule has 1 saturated heterocycles. The van der Waals surface area contributed by atoms with Gasteiger partial charge in [-0.1, -0.05) is 31.9 Å². The number of nitrogens with one attached hydrogen (secondary N) is 1. The van der Waals surface area contributed by atoms with Gasteiger partial charge in [-0.3, -0.25) is 14.3 Å². The number of benzene rings is 1. The van der Waals surface area contributed by atoms with Crippen LogP contribution in [0.25, 0.3) is 0 Å². The molecule has 1 saturated carbocycles. The Labute approximate surface area is 221 Å². The van der Waals surface area contributed by atoms with Gasteiger partial charge in [-0.05, 0) is 57.2 Å². The van der Waals surface area contributed by atoms with Crippen LogP contribution in [0.2, 0.25) is 0 Å². The minimum Gasteiger partial charge on any atom is -0.368 e. The fraction of sp³-hybridized carbons (Fsp3) is 0.621. The predicted molar refractivity (Wildman–Crippen MR) is 146 cm³/mol. The highest BCUT2D eigenvalue weighted by atomic mass is 16.2. The highest BCUT2D eigenvalue weighted by Gasteiger charge is 2.43. The van der Waals surface area contributed by atoms with Crippen LogP contribution in [0, 0.1) is 13.8 Å². The van der Waals surface area contributed by atoms with Crippen LogP contribution in [0.5, 0.6) is 0 Å². The Morgan fingerprint density at radius 1 is 1.14 bits per heavy atom. The van der Waals surface area contributed by atoms with E-state index >= 15 is 0 Å². The number of carbonyl (C=O) groups excluding carboxylic acids is 2. The second-order valence-corrected chi connectivity index (χ2v) is 11.4. The Morgan fingerprint density at radius 2 is 1.86 bits per heavy atom. The van der Waals surface area contributed by atoms with Crippen LogP contribution in [0.15, 0.2) is 24.3 Å². The fourth-order valence-corrected chi connectivity index (χ4v) is 6.24. The third-order valence-corrected chi connectivity index (χ3v) is 8.66. The summed E-state index contributed by atoms with van der Waals surface area (Å²) < 4.78 is 1.78. The summed E-state index contributed by atoms with van der Waals surface area (Å²) in [7, 11) is 0. The summed E-state index contributed by atoms with van der Waals surface area (Å²) in [6, 6.07) is 8.65. The summed E-state index contributed by atoms with van der Waals surface area (Å²) in [5, 5.41) is 8.41. The molecule has 1 aromatic carbocycles. The van der Waals surface area contributed by atoms with E-state index in [1.165, 1.54) is 42.5 Å². The Bertz CT molecular complexity index is 1150. The molecule has 2 amide bonds. The number of hydrogen-bond donors (Lipinski definition) is 1. The van der Waals surface area contributed by atoms with Crippen molar-refractivity contribution in [2.45, 2.75) is 77.9 Å². The number of rotatable bonds is 7. The molecule has 1 atom stereocenters. The SMILES string of the molecule is CCCN1C(=O)c2cc(C(=O)N3CCN(c4cccc(C)c4C)CC3)nn2CC1(C)CNC1CCCC1. The van der Waals surface area contributed by atoms with Gasteiger partial charge in [0.05, 0.1) is 12.1 Å². The summed E-state index contributed by atoms with van der Waals surface area (Å²) in [5.41, 5.74) is 4.37. The quantitative estimate of drug-likeness (QED) is 0.621. The number of hydrogen-bond acceptors (Lipinski definition) is 5. The molecule has 1 N–H and O–H groups in total. The normalized spacial score (nSPS) is 22.6. The molecule has 1 unspecified atom stereocenters. The number of piperazine rings is 1. The molecule has 0 radical (unpaired) electrons. The van der Waals surface area contributed by atoms with Crippen LogP contribution in [-0.2, 0) is 6.54 Å². The second kappa shape index (κ2) is 10.5. The molecule has 1 aliphatic carbocycles. The van der Waals surface area contributed by atoms with E-state index in [-0.39, 0.29) is 17.4 Å². The van der Waals surface area contributed by atoms with Gasteiger partial charge in [0.15, 0.2) is 5.69 Å². The topological polar surface area (TPSA) is 73.7 Å². The predicted octanol–water partition coefficient (Wildman–Crippen LogP) is 3.62. The first-order chi connectivity index (χ1) is 17.8. The third-order valence-electron chi connectivity index (χ3n) is 8.66. The van der Waals surface area contributed by atoms with Crippen molar-refractivity contribution >= 4 is 17.5 Å². The smallest absolute Gasteiger partial charge is 0.274 e. The van der Waals surface area contributed by atoms with Crippen molar-refractivity contribution in [2.75, 3.05) is 44.2 Å². The number of fused-ring (bicyclic) bond motifs is 1. The molecule has 5 rings (SSSR count). The van der Waals surface area contributed by atoms with Crippen molar-refractivity contribution in [3.63, 3.8) is 0 Å². The fourth-order valence-electron chi connectivity index (χ4n) is 6.24. The Balaban J connectivity index is 1.29. The van der Waals surface area contributed by atoms with Crippen LogP contribution < -0.4 is 10.2 Å². The number of carbonyl (C=O) groups is 2. The molecule has 0 bridgehead atoms. The molecule has 2 aromatic rings. The van der Waals surface area contributed by atoms with Crippen LogP contribution in [0.1, 0.15) is 78.1 Å². The zero-order valence-electron chi connectivity index (χ0n) is 22.9. The monoisotopic (exact) mass is 506 g/mol. The molecule has 3 aliphatic rings. The molecule has 3 heterocycles. The minimum atomic E-state index is -0.369. The standard InChI is InChI=1S/C29H42N6O2/c1-5-13-34-28(37)26-18-24(31-35(26)20-29(34,4)19-30-23-10-6-7-11-23)27(36)33-16-14-32(15-17-33)25-12-8-9-21(2)22(25)3/h8-9,12,18,23,30H,5-7,10-11,13-17,19-20H2,1-4H3.